The number of nitrogens with zero attached hydrogens (tertiary/aromatic N) is 1. The first-order chi connectivity index (χ1) is 15.5. The van der Waals surface area contributed by atoms with E-state index < -0.39 is 0 Å². The molecular weight excluding hydrogens is 422 g/mol. The zero-order valence-corrected chi connectivity index (χ0v) is 19.7. The van der Waals surface area contributed by atoms with Crippen molar-refractivity contribution in [2.45, 2.75) is 44.1 Å². The summed E-state index contributed by atoms with van der Waals surface area (Å²) in [4.78, 5) is 28.4. The third-order valence-electron chi connectivity index (χ3n) is 6.05. The van der Waals surface area contributed by atoms with E-state index in [2.05, 4.69) is 39.9 Å². The van der Waals surface area contributed by atoms with Gasteiger partial charge in [0.15, 0.2) is 5.17 Å². The van der Waals surface area contributed by atoms with Crippen LogP contribution in [0.15, 0.2) is 59.6 Å². The van der Waals surface area contributed by atoms with Crippen LogP contribution in [0.3, 0.4) is 0 Å². The fraction of sp³-hybridized carbons (Fsp3) is 0.400. The Morgan fingerprint density at radius 1 is 1.09 bits per heavy atom. The Morgan fingerprint density at radius 3 is 2.38 bits per heavy atom. The van der Waals surface area contributed by atoms with E-state index in [0.29, 0.717) is 23.0 Å². The number of hydrogen-bond acceptors (Lipinski definition) is 4. The van der Waals surface area contributed by atoms with Crippen molar-refractivity contribution in [2.24, 2.45) is 4.99 Å². The molecule has 1 aliphatic rings. The molecule has 0 atom stereocenters. The molecule has 0 aliphatic heterocycles. The van der Waals surface area contributed by atoms with Crippen molar-refractivity contribution in [1.29, 1.82) is 0 Å². The Balaban J connectivity index is 1.73. The summed E-state index contributed by atoms with van der Waals surface area (Å²) in [5, 5.41) is 7.25. The van der Waals surface area contributed by atoms with Crippen LogP contribution in [0.4, 0.5) is 0 Å². The highest BCUT2D eigenvalue weighted by molar-refractivity contribution is 8.13. The molecule has 32 heavy (non-hydrogen) atoms. The van der Waals surface area contributed by atoms with Crippen LogP contribution in [-0.4, -0.2) is 42.9 Å². The molecule has 2 N–H and O–H groups in total. The molecule has 170 valence electrons. The molecule has 2 aromatic carbocycles. The number of thioether (sulfide) groups is 1. The van der Waals surface area contributed by atoms with Crippen LogP contribution in [0.1, 0.15) is 48.5 Å². The minimum atomic E-state index is -0.199. The first-order valence-corrected chi connectivity index (χ1v) is 12.1. The molecule has 0 spiro atoms. The number of carbonyl (C=O) groups excluding carboxylic acids is 2. The maximum atomic E-state index is 12.9. The van der Waals surface area contributed by atoms with Crippen LogP contribution >= 0.6 is 11.8 Å². The van der Waals surface area contributed by atoms with Crippen LogP contribution in [-0.2, 0) is 10.2 Å². The maximum absolute atomic E-state index is 12.9. The number of benzene rings is 2. The van der Waals surface area contributed by atoms with Gasteiger partial charge in [0.25, 0.3) is 5.91 Å². The highest BCUT2D eigenvalue weighted by atomic mass is 32.2. The molecule has 0 aromatic heterocycles. The van der Waals surface area contributed by atoms with E-state index in [1.54, 1.807) is 19.2 Å². The second-order valence-corrected chi connectivity index (χ2v) is 8.88. The minimum absolute atomic E-state index is 0.128. The van der Waals surface area contributed by atoms with Gasteiger partial charge >= 0.3 is 0 Å². The highest BCUT2D eigenvalue weighted by Gasteiger charge is 2.37. The average molecular weight is 454 g/mol. The summed E-state index contributed by atoms with van der Waals surface area (Å²) in [5.74, 6) is 0.243. The lowest BCUT2D eigenvalue weighted by molar-refractivity contribution is -0.115. The largest absolute Gasteiger partial charge is 0.496 e. The van der Waals surface area contributed by atoms with E-state index in [4.69, 9.17) is 4.74 Å². The van der Waals surface area contributed by atoms with Gasteiger partial charge in [0.2, 0.25) is 5.91 Å². The topological polar surface area (TPSA) is 79.8 Å². The number of hydrogen-bond donors (Lipinski definition) is 2. The number of ether oxygens (including phenoxy) is 1. The number of amidine groups is 1. The quantitative estimate of drug-likeness (QED) is 0.507. The summed E-state index contributed by atoms with van der Waals surface area (Å²) in [5.41, 5.74) is 1.63. The second kappa shape index (κ2) is 11.2. The van der Waals surface area contributed by atoms with Crippen LogP contribution in [0.25, 0.3) is 0 Å². The van der Waals surface area contributed by atoms with Gasteiger partial charge in [-0.25, -0.2) is 0 Å². The summed E-state index contributed by atoms with van der Waals surface area (Å²) in [6.45, 7) is 2.02. The number of aliphatic imine (C=N–C) groups is 1. The van der Waals surface area contributed by atoms with Gasteiger partial charge in [-0.05, 0) is 49.6 Å². The molecule has 1 saturated carbocycles. The molecule has 3 rings (SSSR count). The van der Waals surface area contributed by atoms with Crippen molar-refractivity contribution >= 4 is 28.7 Å². The predicted molar refractivity (Wildman–Crippen MR) is 130 cm³/mol. The van der Waals surface area contributed by atoms with Crippen LogP contribution in [0.2, 0.25) is 0 Å². The predicted octanol–water partition coefficient (Wildman–Crippen LogP) is 4.16. The van der Waals surface area contributed by atoms with E-state index in [-0.39, 0.29) is 23.3 Å². The van der Waals surface area contributed by atoms with Gasteiger partial charge in [-0.3, -0.25) is 9.59 Å². The zero-order valence-electron chi connectivity index (χ0n) is 18.9. The number of amides is 2. The highest BCUT2D eigenvalue weighted by Crippen LogP contribution is 2.39. The van der Waals surface area contributed by atoms with E-state index in [1.807, 2.05) is 24.5 Å². The molecule has 2 amide bonds. The molecule has 6 nitrogen and oxygen atoms in total. The Hall–Kier alpha value is -2.80. The van der Waals surface area contributed by atoms with Gasteiger partial charge in [-0.2, -0.15) is 4.99 Å². The SMILES string of the molecule is COc1ccccc1C(=O)NC[C@]1(c2ccccc2)CC[C@H](N/C(=N/C(C)=O)SC)CC1. The average Bonchev–Trinajstić information content (AvgIpc) is 2.83. The smallest absolute Gasteiger partial charge is 0.255 e. The molecule has 2 aromatic rings. The second-order valence-electron chi connectivity index (χ2n) is 8.09. The first-order valence-electron chi connectivity index (χ1n) is 10.8. The summed E-state index contributed by atoms with van der Waals surface area (Å²) in [6.07, 6.45) is 5.61. The van der Waals surface area contributed by atoms with Crippen LogP contribution < -0.4 is 15.4 Å². The zero-order chi connectivity index (χ0) is 23.0. The molecular formula is C25H31N3O3S. The lowest BCUT2D eigenvalue weighted by Crippen LogP contribution is -2.47. The van der Waals surface area contributed by atoms with Gasteiger partial charge in [0.1, 0.15) is 5.75 Å². The summed E-state index contributed by atoms with van der Waals surface area (Å²) in [6, 6.07) is 17.9. The molecule has 0 heterocycles. The minimum Gasteiger partial charge on any atom is -0.496 e. The lowest BCUT2D eigenvalue weighted by atomic mass is 9.68. The first kappa shape index (κ1) is 23.9. The summed E-state index contributed by atoms with van der Waals surface area (Å²) < 4.78 is 5.35. The third kappa shape index (κ3) is 5.91. The number of rotatable bonds is 6. The molecule has 0 bridgehead atoms. The fourth-order valence-electron chi connectivity index (χ4n) is 4.31. The van der Waals surface area contributed by atoms with E-state index in [0.717, 1.165) is 25.7 Å². The van der Waals surface area contributed by atoms with Gasteiger partial charge in [-0.1, -0.05) is 54.2 Å². The molecule has 0 unspecified atom stereocenters. The lowest BCUT2D eigenvalue weighted by Gasteiger charge is -2.41. The Morgan fingerprint density at radius 2 is 1.75 bits per heavy atom. The van der Waals surface area contributed by atoms with Gasteiger partial charge in [-0.15, -0.1) is 0 Å². The summed E-state index contributed by atoms with van der Waals surface area (Å²) >= 11 is 1.45. The number of para-hydroxylation sites is 1. The Labute approximate surface area is 194 Å². The van der Waals surface area contributed by atoms with Crippen LogP contribution in [0, 0.1) is 0 Å². The molecule has 1 aliphatic carbocycles. The number of methoxy groups -OCH3 is 1. The third-order valence-corrected chi connectivity index (χ3v) is 6.64. The van der Waals surface area contributed by atoms with Crippen molar-refractivity contribution in [3.8, 4) is 5.75 Å². The van der Waals surface area contributed by atoms with Crippen molar-refractivity contribution in [3.05, 3.63) is 65.7 Å². The molecule has 1 fully saturated rings. The summed E-state index contributed by atoms with van der Waals surface area (Å²) in [7, 11) is 1.57. The van der Waals surface area contributed by atoms with Gasteiger partial charge in [0, 0.05) is 24.9 Å². The Kier molecular flexibility index (Phi) is 8.33. The molecule has 0 saturated heterocycles. The van der Waals surface area contributed by atoms with E-state index >= 15 is 0 Å². The van der Waals surface area contributed by atoms with Gasteiger partial charge < -0.3 is 15.4 Å². The Bertz CT molecular complexity index is 954. The standard InChI is InChI=1S/C25H31N3O3S/c1-18(29)27-24(32-3)28-20-13-15-25(16-14-20,19-9-5-4-6-10-19)17-26-23(30)21-11-7-8-12-22(21)31-2/h4-12,20H,13-17H2,1-3H3,(H,26,30)(H,27,28,29)/t20-,25-. The van der Waals surface area contributed by atoms with Crippen molar-refractivity contribution in [2.75, 3.05) is 19.9 Å². The molecule has 0 radical (unpaired) electrons. The van der Waals surface area contributed by atoms with Crippen molar-refractivity contribution in [1.82, 2.24) is 10.6 Å². The van der Waals surface area contributed by atoms with E-state index in [9.17, 15) is 9.59 Å². The van der Waals surface area contributed by atoms with E-state index in [1.165, 1.54) is 24.2 Å². The van der Waals surface area contributed by atoms with Crippen molar-refractivity contribution < 1.29 is 14.3 Å². The number of nitrogens with one attached hydrogen (secondary N) is 2. The number of carbonyl (C=O) groups is 2. The monoisotopic (exact) mass is 453 g/mol. The normalized spacial score (nSPS) is 21.0. The van der Waals surface area contributed by atoms with Crippen molar-refractivity contribution in [3.63, 3.8) is 0 Å². The molecule has 7 heteroatoms. The fourth-order valence-corrected chi connectivity index (χ4v) is 4.81. The van der Waals surface area contributed by atoms with Gasteiger partial charge in [0.05, 0.1) is 12.7 Å². The maximum Gasteiger partial charge on any atom is 0.255 e. The van der Waals surface area contributed by atoms with Crippen LogP contribution in [0.5, 0.6) is 5.75 Å².